The molecule has 1 fully saturated rings. The zero-order chi connectivity index (χ0) is 23.4. The monoisotopic (exact) mass is 467 g/mol. The molecule has 2 aromatic carbocycles. The summed E-state index contributed by atoms with van der Waals surface area (Å²) in [5.41, 5.74) is 2.17. The minimum atomic E-state index is -0.446. The van der Waals surface area contributed by atoms with Crippen molar-refractivity contribution in [2.75, 3.05) is 18.1 Å². The predicted octanol–water partition coefficient (Wildman–Crippen LogP) is 6.23. The van der Waals surface area contributed by atoms with Gasteiger partial charge in [-0.25, -0.2) is 4.79 Å². The highest BCUT2D eigenvalue weighted by molar-refractivity contribution is 7.99. The highest BCUT2D eigenvalue weighted by Gasteiger charge is 2.33. The second kappa shape index (κ2) is 10.6. The van der Waals surface area contributed by atoms with Crippen molar-refractivity contribution in [2.24, 2.45) is 17.8 Å². The number of fused-ring (bicyclic) bond motifs is 2. The molecular weight excluding hydrogens is 434 g/mol. The molecule has 4 rings (SSSR count). The number of carbonyl (C=O) groups is 2. The fourth-order valence-corrected chi connectivity index (χ4v) is 5.99. The van der Waals surface area contributed by atoms with Gasteiger partial charge in [0.2, 0.25) is 0 Å². The molecule has 0 unspecified atom stereocenters. The Hall–Kier alpha value is -2.47. The Bertz CT molecular complexity index is 946. The van der Waals surface area contributed by atoms with E-state index in [-0.39, 0.29) is 19.1 Å². The van der Waals surface area contributed by atoms with E-state index in [9.17, 15) is 9.59 Å². The first-order valence-electron chi connectivity index (χ1n) is 11.9. The van der Waals surface area contributed by atoms with E-state index in [4.69, 9.17) is 9.47 Å². The Morgan fingerprint density at radius 2 is 1.64 bits per heavy atom. The lowest BCUT2D eigenvalue weighted by molar-refractivity contribution is -0.167. The van der Waals surface area contributed by atoms with Crippen molar-refractivity contribution in [3.8, 4) is 0 Å². The van der Waals surface area contributed by atoms with Gasteiger partial charge in [-0.2, -0.15) is 0 Å². The van der Waals surface area contributed by atoms with Crippen molar-refractivity contribution in [3.05, 3.63) is 48.5 Å². The van der Waals surface area contributed by atoms with Gasteiger partial charge in [-0.3, -0.25) is 4.79 Å². The highest BCUT2D eigenvalue weighted by atomic mass is 32.2. The zero-order valence-electron chi connectivity index (χ0n) is 19.7. The summed E-state index contributed by atoms with van der Waals surface area (Å²) in [7, 11) is 0. The molecule has 3 atom stereocenters. The third-order valence-electron chi connectivity index (χ3n) is 6.67. The second-order valence-electron chi connectivity index (χ2n) is 9.45. The van der Waals surface area contributed by atoms with Crippen LogP contribution >= 0.6 is 11.8 Å². The smallest absolute Gasteiger partial charge is 0.344 e. The molecule has 0 spiro atoms. The number of esters is 2. The molecule has 1 aliphatic heterocycles. The van der Waals surface area contributed by atoms with Gasteiger partial charge in [-0.1, -0.05) is 63.2 Å². The van der Waals surface area contributed by atoms with E-state index in [1.165, 1.54) is 6.42 Å². The van der Waals surface area contributed by atoms with Crippen molar-refractivity contribution in [1.82, 2.24) is 0 Å². The van der Waals surface area contributed by atoms with Crippen LogP contribution in [-0.2, 0) is 19.1 Å². The molecule has 33 heavy (non-hydrogen) atoms. The molecule has 5 nitrogen and oxygen atoms in total. The number of hydrogen-bond acceptors (Lipinski definition) is 6. The summed E-state index contributed by atoms with van der Waals surface area (Å²) in [5.74, 6) is 0.550. The lowest BCUT2D eigenvalue weighted by Crippen LogP contribution is -2.37. The number of para-hydroxylation sites is 2. The van der Waals surface area contributed by atoms with Gasteiger partial charge >= 0.3 is 11.9 Å². The van der Waals surface area contributed by atoms with Crippen molar-refractivity contribution in [1.29, 1.82) is 0 Å². The average Bonchev–Trinajstić information content (AvgIpc) is 2.80. The van der Waals surface area contributed by atoms with Crippen LogP contribution in [0.2, 0.25) is 0 Å². The lowest BCUT2D eigenvalue weighted by atomic mass is 9.75. The van der Waals surface area contributed by atoms with Gasteiger partial charge in [-0.15, -0.1) is 0 Å². The fraction of sp³-hybridized carbons (Fsp3) is 0.481. The van der Waals surface area contributed by atoms with E-state index in [1.54, 1.807) is 11.8 Å². The normalized spacial score (nSPS) is 21.8. The maximum Gasteiger partial charge on any atom is 0.344 e. The molecule has 0 radical (unpaired) electrons. The topological polar surface area (TPSA) is 55.8 Å². The number of rotatable bonds is 7. The standard InChI is InChI=1S/C27H33NO4S/c1-18(2)20-13-12-19(3)16-23(20)32-27(30)17-31-26(29)14-15-28-21-8-4-6-10-24(21)33-25-11-7-5-9-22(25)28/h4-11,18-20,23H,12-17H2,1-3H3/t19-,20-,23-/m1/s1. The number of carbonyl (C=O) groups excluding carboxylic acids is 2. The Morgan fingerprint density at radius 3 is 2.27 bits per heavy atom. The number of anilines is 2. The Labute approximate surface area is 200 Å². The molecular formula is C27H33NO4S. The van der Waals surface area contributed by atoms with Gasteiger partial charge in [0.05, 0.1) is 17.8 Å². The summed E-state index contributed by atoms with van der Waals surface area (Å²) in [6.07, 6.45) is 3.24. The molecule has 2 aromatic rings. The quantitative estimate of drug-likeness (QED) is 0.450. The molecule has 176 valence electrons. The van der Waals surface area contributed by atoms with Crippen LogP contribution in [0.5, 0.6) is 0 Å². The largest absolute Gasteiger partial charge is 0.460 e. The average molecular weight is 468 g/mol. The molecule has 1 heterocycles. The molecule has 6 heteroatoms. The van der Waals surface area contributed by atoms with E-state index < -0.39 is 11.9 Å². The highest BCUT2D eigenvalue weighted by Crippen LogP contribution is 2.47. The van der Waals surface area contributed by atoms with Crippen LogP contribution in [0.4, 0.5) is 11.4 Å². The first kappa shape index (κ1) is 23.7. The minimum Gasteiger partial charge on any atom is -0.460 e. The SMILES string of the molecule is CC(C)[C@H]1CC[C@@H](C)C[C@H]1OC(=O)COC(=O)CCN1c2ccccc2Sc2ccccc21. The van der Waals surface area contributed by atoms with Crippen molar-refractivity contribution in [2.45, 2.75) is 62.3 Å². The van der Waals surface area contributed by atoms with Crippen molar-refractivity contribution < 1.29 is 19.1 Å². The first-order valence-corrected chi connectivity index (χ1v) is 12.7. The second-order valence-corrected chi connectivity index (χ2v) is 10.5. The summed E-state index contributed by atoms with van der Waals surface area (Å²) < 4.78 is 11.0. The maximum atomic E-state index is 12.5. The van der Waals surface area contributed by atoms with Crippen molar-refractivity contribution in [3.63, 3.8) is 0 Å². The summed E-state index contributed by atoms with van der Waals surface area (Å²) in [6, 6.07) is 16.4. The van der Waals surface area contributed by atoms with Gasteiger partial charge in [0.25, 0.3) is 0 Å². The molecule has 0 amide bonds. The van der Waals surface area contributed by atoms with E-state index >= 15 is 0 Å². The van der Waals surface area contributed by atoms with Crippen LogP contribution in [0.3, 0.4) is 0 Å². The first-order chi connectivity index (χ1) is 15.9. The molecule has 1 saturated carbocycles. The van der Waals surface area contributed by atoms with E-state index in [0.717, 1.165) is 34.0 Å². The third-order valence-corrected chi connectivity index (χ3v) is 7.80. The summed E-state index contributed by atoms with van der Waals surface area (Å²) in [5, 5.41) is 0. The van der Waals surface area contributed by atoms with Crippen molar-refractivity contribution >= 4 is 35.1 Å². The molecule has 1 aliphatic carbocycles. The summed E-state index contributed by atoms with van der Waals surface area (Å²) >= 11 is 1.73. The summed E-state index contributed by atoms with van der Waals surface area (Å²) in [4.78, 5) is 29.4. The molecule has 0 N–H and O–H groups in total. The maximum absolute atomic E-state index is 12.5. The third kappa shape index (κ3) is 5.72. The fourth-order valence-electron chi connectivity index (χ4n) is 4.89. The van der Waals surface area contributed by atoms with Gasteiger partial charge < -0.3 is 14.4 Å². The van der Waals surface area contributed by atoms with Gasteiger partial charge in [0.1, 0.15) is 6.10 Å². The lowest BCUT2D eigenvalue weighted by Gasteiger charge is -2.36. The Morgan fingerprint density at radius 1 is 1.00 bits per heavy atom. The molecule has 0 aromatic heterocycles. The van der Waals surface area contributed by atoms with E-state index in [0.29, 0.717) is 24.3 Å². The van der Waals surface area contributed by atoms with Gasteiger partial charge in [0.15, 0.2) is 6.61 Å². The van der Waals surface area contributed by atoms with Crippen LogP contribution in [0.1, 0.15) is 46.5 Å². The van der Waals surface area contributed by atoms with Crippen LogP contribution < -0.4 is 4.90 Å². The molecule has 2 aliphatic rings. The number of hydrogen-bond donors (Lipinski definition) is 0. The van der Waals surface area contributed by atoms with E-state index in [2.05, 4.69) is 49.9 Å². The number of ether oxygens (including phenoxy) is 2. The van der Waals surface area contributed by atoms with Crippen LogP contribution in [0, 0.1) is 17.8 Å². The van der Waals surface area contributed by atoms with Gasteiger partial charge in [-0.05, 0) is 54.9 Å². The molecule has 0 saturated heterocycles. The van der Waals surface area contributed by atoms with Crippen LogP contribution in [0.15, 0.2) is 58.3 Å². The predicted molar refractivity (Wildman–Crippen MR) is 131 cm³/mol. The Kier molecular flexibility index (Phi) is 7.63. The van der Waals surface area contributed by atoms with Crippen LogP contribution in [0.25, 0.3) is 0 Å². The minimum absolute atomic E-state index is 0.0844. The van der Waals surface area contributed by atoms with E-state index in [1.807, 2.05) is 24.3 Å². The van der Waals surface area contributed by atoms with Crippen LogP contribution in [-0.4, -0.2) is 31.2 Å². The number of nitrogens with zero attached hydrogens (tertiary/aromatic N) is 1. The number of benzene rings is 2. The van der Waals surface area contributed by atoms with Gasteiger partial charge in [0, 0.05) is 16.3 Å². The molecule has 0 bridgehead atoms. The zero-order valence-corrected chi connectivity index (χ0v) is 20.5. The Balaban J connectivity index is 1.31. The summed E-state index contributed by atoms with van der Waals surface area (Å²) in [6.45, 7) is 6.72.